The van der Waals surface area contributed by atoms with Crippen molar-refractivity contribution in [3.05, 3.63) is 53.7 Å². The Balaban J connectivity index is 1.52. The maximum Gasteiger partial charge on any atom is 0.338 e. The summed E-state index contributed by atoms with van der Waals surface area (Å²) in [6, 6.07) is 8.74. The molecule has 3 fully saturated rings. The third kappa shape index (κ3) is 4.27. The molecule has 3 aromatic rings. The molecule has 38 heavy (non-hydrogen) atoms. The molecule has 3 aliphatic heterocycles. The van der Waals surface area contributed by atoms with Gasteiger partial charge in [-0.25, -0.2) is 19.7 Å². The van der Waals surface area contributed by atoms with E-state index in [0.29, 0.717) is 16.7 Å². The molecule has 202 valence electrons. The van der Waals surface area contributed by atoms with E-state index in [1.807, 2.05) is 33.8 Å². The lowest BCUT2D eigenvalue weighted by Crippen LogP contribution is -2.57. The summed E-state index contributed by atoms with van der Waals surface area (Å²) >= 11 is 6.31. The predicted molar refractivity (Wildman–Crippen MR) is 133 cm³/mol. The number of aromatic nitrogens is 4. The molecule has 0 radical (unpaired) electrons. The zero-order chi connectivity index (χ0) is 26.9. The van der Waals surface area contributed by atoms with Crippen LogP contribution in [0.15, 0.2) is 43.0 Å². The Morgan fingerprint density at radius 2 is 1.74 bits per heavy atom. The van der Waals surface area contributed by atoms with Crippen LogP contribution < -0.4 is 0 Å². The first-order chi connectivity index (χ1) is 18.0. The lowest BCUT2D eigenvalue weighted by Gasteiger charge is -2.42. The number of carbonyl (C=O) groups is 1. The molecule has 5 heterocycles. The Morgan fingerprint density at radius 3 is 2.50 bits per heavy atom. The van der Waals surface area contributed by atoms with Gasteiger partial charge in [0.2, 0.25) is 0 Å². The van der Waals surface area contributed by atoms with E-state index in [1.54, 1.807) is 35.8 Å². The molecule has 12 heteroatoms. The standard InChI is InChI=1S/C26H29ClN4O7/c1-24(2)33-11-15-17(35-24)18-19(37-25(3,4)36-18)26(5,38-22(32)14-9-7-6-8-10-14)23(34-15)31-13-30-16-20(27)28-12-29-21(16)31/h6-10,12-13,15,17-19,23H,11H2,1-5H3/t15?,17-,18-,19?,23+,26?/m0/s1. The summed E-state index contributed by atoms with van der Waals surface area (Å²) in [6.07, 6.45) is -0.720. The molecular formula is C26H29ClN4O7. The van der Waals surface area contributed by atoms with Gasteiger partial charge in [-0.1, -0.05) is 29.8 Å². The number of benzene rings is 1. The average molecular weight is 545 g/mol. The number of rotatable bonds is 3. The van der Waals surface area contributed by atoms with Crippen LogP contribution in [0.25, 0.3) is 11.2 Å². The van der Waals surface area contributed by atoms with Crippen molar-refractivity contribution in [3.63, 3.8) is 0 Å². The zero-order valence-corrected chi connectivity index (χ0v) is 22.4. The topological polar surface area (TPSA) is 116 Å². The molecule has 3 unspecified atom stereocenters. The van der Waals surface area contributed by atoms with Gasteiger partial charge in [0.15, 0.2) is 34.2 Å². The van der Waals surface area contributed by atoms with Crippen LogP contribution >= 0.6 is 11.6 Å². The highest BCUT2D eigenvalue weighted by atomic mass is 35.5. The largest absolute Gasteiger partial charge is 0.448 e. The molecule has 3 saturated heterocycles. The van der Waals surface area contributed by atoms with Crippen LogP contribution in [0.5, 0.6) is 0 Å². The summed E-state index contributed by atoms with van der Waals surface area (Å²) in [5, 5.41) is 0.189. The molecule has 6 rings (SSSR count). The fourth-order valence-corrected chi connectivity index (χ4v) is 5.58. The van der Waals surface area contributed by atoms with E-state index in [9.17, 15) is 4.79 Å². The molecule has 0 saturated carbocycles. The van der Waals surface area contributed by atoms with Crippen molar-refractivity contribution >= 4 is 28.7 Å². The van der Waals surface area contributed by atoms with Gasteiger partial charge in [-0.2, -0.15) is 0 Å². The first-order valence-electron chi connectivity index (χ1n) is 12.4. The minimum Gasteiger partial charge on any atom is -0.448 e. The first kappa shape index (κ1) is 25.6. The second-order valence-electron chi connectivity index (χ2n) is 10.8. The summed E-state index contributed by atoms with van der Waals surface area (Å²) in [5.74, 6) is -2.42. The van der Waals surface area contributed by atoms with Gasteiger partial charge in [-0.3, -0.25) is 4.57 Å². The van der Waals surface area contributed by atoms with Crippen molar-refractivity contribution in [2.75, 3.05) is 6.61 Å². The molecule has 0 spiro atoms. The second kappa shape index (κ2) is 8.94. The van der Waals surface area contributed by atoms with E-state index >= 15 is 0 Å². The van der Waals surface area contributed by atoms with Crippen molar-refractivity contribution in [3.8, 4) is 0 Å². The molecule has 0 amide bonds. The van der Waals surface area contributed by atoms with Crippen LogP contribution in [0.2, 0.25) is 5.15 Å². The van der Waals surface area contributed by atoms with Gasteiger partial charge in [0.25, 0.3) is 0 Å². The van der Waals surface area contributed by atoms with Crippen LogP contribution in [0.3, 0.4) is 0 Å². The van der Waals surface area contributed by atoms with Crippen LogP contribution in [-0.2, 0) is 28.4 Å². The zero-order valence-electron chi connectivity index (χ0n) is 21.7. The molecular weight excluding hydrogens is 516 g/mol. The van der Waals surface area contributed by atoms with Crippen molar-refractivity contribution in [2.24, 2.45) is 0 Å². The molecule has 11 nitrogen and oxygen atoms in total. The highest BCUT2D eigenvalue weighted by Gasteiger charge is 2.65. The van der Waals surface area contributed by atoms with Crippen molar-refractivity contribution < 1.29 is 33.2 Å². The van der Waals surface area contributed by atoms with Gasteiger partial charge in [0, 0.05) is 0 Å². The van der Waals surface area contributed by atoms with Gasteiger partial charge in [-0.15, -0.1) is 0 Å². The van der Waals surface area contributed by atoms with Crippen LogP contribution in [0.4, 0.5) is 0 Å². The number of esters is 1. The summed E-state index contributed by atoms with van der Waals surface area (Å²) in [5.41, 5.74) is -0.275. The molecule has 0 bridgehead atoms. The average Bonchev–Trinajstić information content (AvgIpc) is 3.43. The monoisotopic (exact) mass is 544 g/mol. The lowest BCUT2D eigenvalue weighted by atomic mass is 9.89. The van der Waals surface area contributed by atoms with Gasteiger partial charge in [0.1, 0.15) is 36.3 Å². The molecule has 2 aromatic heterocycles. The number of hydrogen-bond acceptors (Lipinski definition) is 10. The minimum absolute atomic E-state index is 0.189. The van der Waals surface area contributed by atoms with Crippen molar-refractivity contribution in [1.82, 2.24) is 19.5 Å². The third-order valence-corrected chi connectivity index (χ3v) is 7.36. The second-order valence-corrected chi connectivity index (χ2v) is 11.1. The van der Waals surface area contributed by atoms with E-state index in [1.165, 1.54) is 12.7 Å². The van der Waals surface area contributed by atoms with E-state index in [4.69, 9.17) is 40.0 Å². The molecule has 1 aromatic carbocycles. The summed E-state index contributed by atoms with van der Waals surface area (Å²) in [6.45, 7) is 9.27. The molecule has 0 aliphatic carbocycles. The minimum atomic E-state index is -1.44. The number of imidazole rings is 1. The van der Waals surface area contributed by atoms with E-state index in [-0.39, 0.29) is 11.8 Å². The fourth-order valence-electron chi connectivity index (χ4n) is 5.40. The van der Waals surface area contributed by atoms with Gasteiger partial charge in [-0.05, 0) is 46.8 Å². The number of halogens is 1. The number of ether oxygens (including phenoxy) is 6. The maximum atomic E-state index is 13.5. The summed E-state index contributed by atoms with van der Waals surface area (Å²) < 4.78 is 39.9. The van der Waals surface area contributed by atoms with E-state index in [0.717, 1.165) is 0 Å². The van der Waals surface area contributed by atoms with Crippen LogP contribution in [-0.4, -0.2) is 73.7 Å². The normalized spacial score (nSPS) is 33.8. The SMILES string of the molecule is CC1(C)OC2[C@@H](O1)[C@H]1OC(C)(C)OCC1O[C@@H](n1cnc3c(Cl)ncnc31)C2(C)OC(=O)c1ccccc1. The Bertz CT molecular complexity index is 1370. The van der Waals surface area contributed by atoms with E-state index < -0.39 is 53.8 Å². The molecule has 0 N–H and O–H groups in total. The highest BCUT2D eigenvalue weighted by Crippen LogP contribution is 2.49. The number of fused-ring (bicyclic) bond motifs is 4. The number of carbonyl (C=O) groups excluding carboxylic acids is 1. The van der Waals surface area contributed by atoms with Crippen molar-refractivity contribution in [1.29, 1.82) is 0 Å². The Hall–Kier alpha value is -2.67. The van der Waals surface area contributed by atoms with Crippen LogP contribution in [0, 0.1) is 0 Å². The summed E-state index contributed by atoms with van der Waals surface area (Å²) in [7, 11) is 0. The predicted octanol–water partition coefficient (Wildman–Crippen LogP) is 3.66. The number of hydrogen-bond donors (Lipinski definition) is 0. The quantitative estimate of drug-likeness (QED) is 0.357. The lowest BCUT2D eigenvalue weighted by molar-refractivity contribution is -0.334. The smallest absolute Gasteiger partial charge is 0.338 e. The number of nitrogens with zero attached hydrogens (tertiary/aromatic N) is 4. The maximum absolute atomic E-state index is 13.5. The Morgan fingerprint density at radius 1 is 1.00 bits per heavy atom. The third-order valence-electron chi connectivity index (χ3n) is 7.08. The first-order valence-corrected chi connectivity index (χ1v) is 12.8. The van der Waals surface area contributed by atoms with Crippen molar-refractivity contribution in [2.45, 2.75) is 82.4 Å². The Labute approximate surface area is 224 Å². The van der Waals surface area contributed by atoms with Gasteiger partial charge in [0.05, 0.1) is 18.5 Å². The van der Waals surface area contributed by atoms with Gasteiger partial charge >= 0.3 is 5.97 Å². The van der Waals surface area contributed by atoms with E-state index in [2.05, 4.69) is 15.0 Å². The molecule has 6 atom stereocenters. The Kier molecular flexibility index (Phi) is 6.02. The van der Waals surface area contributed by atoms with Crippen LogP contribution in [0.1, 0.15) is 51.2 Å². The highest BCUT2D eigenvalue weighted by molar-refractivity contribution is 6.33. The summed E-state index contributed by atoms with van der Waals surface area (Å²) in [4.78, 5) is 26.4. The van der Waals surface area contributed by atoms with Gasteiger partial charge < -0.3 is 28.4 Å². The fraction of sp³-hybridized carbons (Fsp3) is 0.538. The molecule has 3 aliphatic rings.